The van der Waals surface area contributed by atoms with E-state index < -0.39 is 11.9 Å². The number of fused-ring (bicyclic) bond motifs is 5. The summed E-state index contributed by atoms with van der Waals surface area (Å²) in [5.41, 5.74) is 2.51. The topological polar surface area (TPSA) is 48.3 Å². The summed E-state index contributed by atoms with van der Waals surface area (Å²) in [5, 5.41) is 2.03. The molecule has 3 aromatic rings. The van der Waals surface area contributed by atoms with Crippen molar-refractivity contribution >= 4 is 33.7 Å². The number of carbonyl (C=O) groups is 2. The number of aromatic nitrogens is 1. The number of carbonyl (C=O) groups excluding carboxylic acids is 2. The van der Waals surface area contributed by atoms with Crippen LogP contribution in [-0.2, 0) is 11.8 Å². The Balaban J connectivity index is 2.31. The summed E-state index contributed by atoms with van der Waals surface area (Å²) in [6.07, 6.45) is 0. The van der Waals surface area contributed by atoms with E-state index in [1.807, 2.05) is 41.9 Å². The monoisotopic (exact) mass is 251 g/mol. The fourth-order valence-electron chi connectivity index (χ4n) is 2.84. The zero-order chi connectivity index (χ0) is 13.1. The van der Waals surface area contributed by atoms with Gasteiger partial charge in [-0.05, 0) is 12.1 Å². The number of cyclic esters (lactones) is 2. The maximum Gasteiger partial charge on any atom is 0.349 e. The Morgan fingerprint density at radius 1 is 0.947 bits per heavy atom. The second kappa shape index (κ2) is 3.23. The molecule has 1 aliphatic heterocycles. The normalized spacial score (nSPS) is 14.2. The van der Waals surface area contributed by atoms with Gasteiger partial charge >= 0.3 is 11.9 Å². The van der Waals surface area contributed by atoms with Crippen molar-refractivity contribution in [3.05, 3.63) is 47.5 Å². The molecule has 0 amide bonds. The molecular weight excluding hydrogens is 242 g/mol. The minimum atomic E-state index is -0.563. The van der Waals surface area contributed by atoms with E-state index in [1.165, 1.54) is 0 Å². The molecule has 0 saturated carbocycles. The van der Waals surface area contributed by atoms with Crippen LogP contribution in [0.15, 0.2) is 36.4 Å². The largest absolute Gasteiger partial charge is 0.386 e. The molecule has 0 radical (unpaired) electrons. The number of benzene rings is 2. The van der Waals surface area contributed by atoms with Gasteiger partial charge in [-0.1, -0.05) is 24.3 Å². The maximum absolute atomic E-state index is 11.9. The fraction of sp³-hybridized carbons (Fsp3) is 0.0667. The van der Waals surface area contributed by atoms with Crippen LogP contribution in [0.3, 0.4) is 0 Å². The smallest absolute Gasteiger partial charge is 0.349 e. The van der Waals surface area contributed by atoms with Crippen LogP contribution < -0.4 is 0 Å². The first-order valence-corrected chi connectivity index (χ1v) is 5.95. The molecule has 19 heavy (non-hydrogen) atoms. The van der Waals surface area contributed by atoms with Gasteiger partial charge in [-0.15, -0.1) is 0 Å². The third-order valence-electron chi connectivity index (χ3n) is 3.68. The molecule has 0 unspecified atom stereocenters. The molecule has 0 atom stereocenters. The molecule has 1 aromatic heterocycles. The Morgan fingerprint density at radius 2 is 1.74 bits per heavy atom. The molecule has 0 aliphatic carbocycles. The van der Waals surface area contributed by atoms with E-state index in [2.05, 4.69) is 0 Å². The zero-order valence-electron chi connectivity index (χ0n) is 10.1. The van der Waals surface area contributed by atoms with Gasteiger partial charge < -0.3 is 9.30 Å². The first-order chi connectivity index (χ1) is 9.18. The van der Waals surface area contributed by atoms with E-state index in [-0.39, 0.29) is 0 Å². The van der Waals surface area contributed by atoms with E-state index in [9.17, 15) is 9.59 Å². The minimum absolute atomic E-state index is 0.350. The Hall–Kier alpha value is -2.62. The van der Waals surface area contributed by atoms with Crippen molar-refractivity contribution in [1.82, 2.24) is 4.57 Å². The fourth-order valence-corrected chi connectivity index (χ4v) is 2.84. The van der Waals surface area contributed by atoms with Gasteiger partial charge in [0.1, 0.15) is 0 Å². The number of rotatable bonds is 0. The van der Waals surface area contributed by atoms with Crippen LogP contribution >= 0.6 is 0 Å². The van der Waals surface area contributed by atoms with E-state index in [1.54, 1.807) is 6.07 Å². The first kappa shape index (κ1) is 10.3. The number of aryl methyl sites for hydroxylation is 1. The second-order valence-electron chi connectivity index (χ2n) is 4.64. The van der Waals surface area contributed by atoms with Crippen LogP contribution in [-0.4, -0.2) is 16.5 Å². The lowest BCUT2D eigenvalue weighted by Crippen LogP contribution is -1.99. The first-order valence-electron chi connectivity index (χ1n) is 5.95. The number of para-hydroxylation sites is 1. The highest BCUT2D eigenvalue weighted by molar-refractivity contribution is 6.24. The molecule has 4 nitrogen and oxygen atoms in total. The van der Waals surface area contributed by atoms with Gasteiger partial charge in [0, 0.05) is 23.3 Å². The van der Waals surface area contributed by atoms with E-state index in [0.717, 1.165) is 21.8 Å². The summed E-state index contributed by atoms with van der Waals surface area (Å²) in [6.45, 7) is 0. The zero-order valence-corrected chi connectivity index (χ0v) is 10.1. The third-order valence-corrected chi connectivity index (χ3v) is 3.68. The summed E-state index contributed by atoms with van der Waals surface area (Å²) in [7, 11) is 1.89. The van der Waals surface area contributed by atoms with Gasteiger partial charge in [-0.3, -0.25) is 0 Å². The molecule has 1 aliphatic rings. The molecule has 0 saturated heterocycles. The Bertz CT molecular complexity index is 889. The average Bonchev–Trinajstić information content (AvgIpc) is 2.87. The molecule has 0 spiro atoms. The van der Waals surface area contributed by atoms with Gasteiger partial charge in [0.05, 0.1) is 16.6 Å². The summed E-state index contributed by atoms with van der Waals surface area (Å²) in [5.74, 6) is -1.12. The van der Waals surface area contributed by atoms with Crippen molar-refractivity contribution in [1.29, 1.82) is 0 Å². The van der Waals surface area contributed by atoms with Crippen molar-refractivity contribution in [2.45, 2.75) is 0 Å². The number of nitrogens with zero attached hydrogens (tertiary/aromatic N) is 1. The summed E-state index contributed by atoms with van der Waals surface area (Å²) >= 11 is 0. The molecule has 92 valence electrons. The molecule has 2 aromatic carbocycles. The second-order valence-corrected chi connectivity index (χ2v) is 4.64. The third kappa shape index (κ3) is 1.13. The number of hydrogen-bond donors (Lipinski definition) is 0. The Labute approximate surface area is 108 Å². The van der Waals surface area contributed by atoms with Crippen LogP contribution in [0.1, 0.15) is 20.7 Å². The van der Waals surface area contributed by atoms with Crippen molar-refractivity contribution in [2.75, 3.05) is 0 Å². The minimum Gasteiger partial charge on any atom is -0.386 e. The van der Waals surface area contributed by atoms with E-state index >= 15 is 0 Å². The number of hydrogen-bond acceptors (Lipinski definition) is 3. The number of ether oxygens (including phenoxy) is 1. The van der Waals surface area contributed by atoms with Gasteiger partial charge in [0.25, 0.3) is 0 Å². The SMILES string of the molecule is Cn1c2ccccc2c2ccc3c(c21)C(=O)OC3=O. The highest BCUT2D eigenvalue weighted by Crippen LogP contribution is 2.34. The molecule has 4 heteroatoms. The molecular formula is C15H9NO3. The van der Waals surface area contributed by atoms with Crippen molar-refractivity contribution in [3.63, 3.8) is 0 Å². The maximum atomic E-state index is 11.9. The van der Waals surface area contributed by atoms with Crippen molar-refractivity contribution < 1.29 is 14.3 Å². The predicted octanol–water partition coefficient (Wildman–Crippen LogP) is 2.64. The standard InChI is InChI=1S/C15H9NO3/c1-16-11-5-3-2-4-8(11)9-6-7-10-12(13(9)16)15(18)19-14(10)17/h2-7H,1H3. The molecule has 0 bridgehead atoms. The molecule has 0 fully saturated rings. The summed E-state index contributed by atoms with van der Waals surface area (Å²) in [4.78, 5) is 23.5. The highest BCUT2D eigenvalue weighted by Gasteiger charge is 2.33. The van der Waals surface area contributed by atoms with E-state index in [0.29, 0.717) is 11.1 Å². The van der Waals surface area contributed by atoms with Crippen LogP contribution in [0.4, 0.5) is 0 Å². The Morgan fingerprint density at radius 3 is 2.58 bits per heavy atom. The predicted molar refractivity (Wildman–Crippen MR) is 70.2 cm³/mol. The van der Waals surface area contributed by atoms with Gasteiger partial charge in [0.15, 0.2) is 0 Å². The van der Waals surface area contributed by atoms with Gasteiger partial charge in [0.2, 0.25) is 0 Å². The lowest BCUT2D eigenvalue weighted by Gasteiger charge is -2.00. The highest BCUT2D eigenvalue weighted by atomic mass is 16.6. The van der Waals surface area contributed by atoms with E-state index in [4.69, 9.17) is 4.74 Å². The van der Waals surface area contributed by atoms with Crippen molar-refractivity contribution in [3.8, 4) is 0 Å². The van der Waals surface area contributed by atoms with Gasteiger partial charge in [-0.2, -0.15) is 0 Å². The summed E-state index contributed by atoms with van der Waals surface area (Å²) in [6, 6.07) is 11.4. The lowest BCUT2D eigenvalue weighted by atomic mass is 10.0. The van der Waals surface area contributed by atoms with Crippen LogP contribution in [0, 0.1) is 0 Å². The van der Waals surface area contributed by atoms with Gasteiger partial charge in [-0.25, -0.2) is 9.59 Å². The lowest BCUT2D eigenvalue weighted by molar-refractivity contribution is 0.0444. The van der Waals surface area contributed by atoms with Crippen LogP contribution in [0.25, 0.3) is 21.8 Å². The van der Waals surface area contributed by atoms with Crippen molar-refractivity contribution in [2.24, 2.45) is 7.05 Å². The molecule has 4 rings (SSSR count). The average molecular weight is 251 g/mol. The molecule has 0 N–H and O–H groups in total. The van der Waals surface area contributed by atoms with Crippen LogP contribution in [0.5, 0.6) is 0 Å². The molecule has 2 heterocycles. The summed E-state index contributed by atoms with van der Waals surface area (Å²) < 4.78 is 6.63. The Kier molecular flexibility index (Phi) is 1.75. The van der Waals surface area contributed by atoms with Crippen LogP contribution in [0.2, 0.25) is 0 Å². The quantitative estimate of drug-likeness (QED) is 0.456. The number of esters is 2.